The topological polar surface area (TPSA) is 68.0 Å². The molecule has 7 heteroatoms. The van der Waals surface area contributed by atoms with Crippen molar-refractivity contribution in [1.29, 1.82) is 0 Å². The Morgan fingerprint density at radius 1 is 1.65 bits per heavy atom. The lowest BCUT2D eigenvalue weighted by atomic mass is 10.4. The lowest BCUT2D eigenvalue weighted by Crippen LogP contribution is -2.19. The van der Waals surface area contributed by atoms with Gasteiger partial charge in [-0.15, -0.1) is 11.8 Å². The molecule has 1 heterocycles. The zero-order valence-corrected chi connectivity index (χ0v) is 11.6. The van der Waals surface area contributed by atoms with E-state index in [1.165, 1.54) is 24.0 Å². The summed E-state index contributed by atoms with van der Waals surface area (Å²) < 4.78 is 0. The zero-order chi connectivity index (χ0) is 12.8. The van der Waals surface area contributed by atoms with Gasteiger partial charge in [-0.25, -0.2) is 4.98 Å². The molecule has 0 aromatic carbocycles. The van der Waals surface area contributed by atoms with Crippen LogP contribution in [-0.2, 0) is 4.79 Å². The lowest BCUT2D eigenvalue weighted by molar-refractivity contribution is -0.113. The van der Waals surface area contributed by atoms with Crippen LogP contribution in [0.25, 0.3) is 0 Å². The molecule has 1 rings (SSSR count). The highest BCUT2D eigenvalue weighted by Crippen LogP contribution is 2.22. The summed E-state index contributed by atoms with van der Waals surface area (Å²) in [6, 6.07) is 1.53. The van der Waals surface area contributed by atoms with Gasteiger partial charge < -0.3 is 11.1 Å². The van der Waals surface area contributed by atoms with Crippen LogP contribution in [-0.4, -0.2) is 28.4 Å². The highest BCUT2D eigenvalue weighted by molar-refractivity contribution is 8.00. The molecule has 0 aliphatic carbocycles. The summed E-state index contributed by atoms with van der Waals surface area (Å²) in [5.41, 5.74) is 5.45. The summed E-state index contributed by atoms with van der Waals surface area (Å²) >= 11 is 13.1. The van der Waals surface area contributed by atoms with Gasteiger partial charge in [-0.3, -0.25) is 4.79 Å². The minimum Gasteiger partial charge on any atom is -0.329 e. The van der Waals surface area contributed by atoms with Gasteiger partial charge in [0.15, 0.2) is 5.82 Å². The number of carbonyl (C=O) groups is 1. The highest BCUT2D eigenvalue weighted by atomic mass is 35.5. The Labute approximate surface area is 114 Å². The van der Waals surface area contributed by atoms with Crippen molar-refractivity contribution in [2.24, 2.45) is 5.73 Å². The third-order valence-electron chi connectivity index (χ3n) is 1.90. The van der Waals surface area contributed by atoms with Crippen LogP contribution in [0, 0.1) is 0 Å². The van der Waals surface area contributed by atoms with Crippen LogP contribution in [0.1, 0.15) is 6.92 Å². The monoisotopic (exact) mass is 293 g/mol. The van der Waals surface area contributed by atoms with Crippen LogP contribution in [0.2, 0.25) is 10.0 Å². The molecule has 3 N–H and O–H groups in total. The summed E-state index contributed by atoms with van der Waals surface area (Å²) in [7, 11) is 0. The van der Waals surface area contributed by atoms with Gasteiger partial charge in [-0.2, -0.15) is 0 Å². The molecule has 17 heavy (non-hydrogen) atoms. The Hall–Kier alpha value is -0.490. The fraction of sp³-hybridized carbons (Fsp3) is 0.400. The first-order chi connectivity index (χ1) is 8.02. The van der Waals surface area contributed by atoms with E-state index in [0.717, 1.165) is 0 Å². The summed E-state index contributed by atoms with van der Waals surface area (Å²) in [6.45, 7) is 2.50. The quantitative estimate of drug-likeness (QED) is 0.875. The first-order valence-electron chi connectivity index (χ1n) is 4.95. The predicted molar refractivity (Wildman–Crippen MR) is 73.9 cm³/mol. The first-order valence-corrected chi connectivity index (χ1v) is 6.76. The van der Waals surface area contributed by atoms with E-state index in [9.17, 15) is 4.79 Å². The number of anilines is 1. The Morgan fingerprint density at radius 2 is 2.35 bits per heavy atom. The van der Waals surface area contributed by atoms with Crippen LogP contribution in [0.3, 0.4) is 0 Å². The van der Waals surface area contributed by atoms with Crippen LogP contribution >= 0.6 is 35.0 Å². The maximum Gasteiger partial charge on any atom is 0.235 e. The summed E-state index contributed by atoms with van der Waals surface area (Å²) in [6.07, 6.45) is 1.43. The molecule has 1 atom stereocenters. The third kappa shape index (κ3) is 5.12. The van der Waals surface area contributed by atoms with E-state index < -0.39 is 0 Å². The van der Waals surface area contributed by atoms with Gasteiger partial charge in [0.1, 0.15) is 0 Å². The van der Waals surface area contributed by atoms with Crippen LogP contribution in [0.4, 0.5) is 5.82 Å². The maximum absolute atomic E-state index is 11.6. The average Bonchev–Trinajstić information content (AvgIpc) is 2.29. The summed E-state index contributed by atoms with van der Waals surface area (Å²) in [5.74, 6) is 0.480. The standard InChI is InChI=1S/C10H13Cl2N3OS/c1-6(3-13)17-5-9(16)15-10-8(12)2-7(11)4-14-10/h2,4,6H,3,5,13H2,1H3,(H,14,15,16). The first kappa shape index (κ1) is 14.6. The molecule has 1 aromatic rings. The molecule has 0 aliphatic heterocycles. The number of halogens is 2. The minimum atomic E-state index is -0.160. The molecule has 1 amide bonds. The number of nitrogens with zero attached hydrogens (tertiary/aromatic N) is 1. The SMILES string of the molecule is CC(CN)SCC(=O)Nc1ncc(Cl)cc1Cl. The van der Waals surface area contributed by atoms with Crippen molar-refractivity contribution in [2.45, 2.75) is 12.2 Å². The molecule has 0 spiro atoms. The van der Waals surface area contributed by atoms with Crippen molar-refractivity contribution in [3.05, 3.63) is 22.3 Å². The fourth-order valence-corrected chi connectivity index (χ4v) is 2.03. The number of aromatic nitrogens is 1. The average molecular weight is 294 g/mol. The molecular formula is C10H13Cl2N3OS. The molecule has 0 aliphatic rings. The molecule has 0 saturated heterocycles. The second-order valence-electron chi connectivity index (χ2n) is 3.39. The van der Waals surface area contributed by atoms with Crippen LogP contribution in [0.5, 0.6) is 0 Å². The van der Waals surface area contributed by atoms with E-state index in [-0.39, 0.29) is 11.2 Å². The molecule has 94 valence electrons. The molecule has 0 saturated carbocycles. The van der Waals surface area contributed by atoms with Gasteiger partial charge in [0.2, 0.25) is 5.91 Å². The number of nitrogens with two attached hydrogens (primary N) is 1. The van der Waals surface area contributed by atoms with Gasteiger partial charge >= 0.3 is 0 Å². The number of carbonyl (C=O) groups excluding carboxylic acids is 1. The predicted octanol–water partition coefficient (Wildman–Crippen LogP) is 2.41. The zero-order valence-electron chi connectivity index (χ0n) is 9.24. The Bertz CT molecular complexity index is 403. The molecular weight excluding hydrogens is 281 g/mol. The molecule has 0 fully saturated rings. The van der Waals surface area contributed by atoms with Gasteiger partial charge in [-0.1, -0.05) is 30.1 Å². The van der Waals surface area contributed by atoms with Crippen molar-refractivity contribution >= 4 is 46.7 Å². The minimum absolute atomic E-state index is 0.160. The van der Waals surface area contributed by atoms with E-state index in [4.69, 9.17) is 28.9 Å². The molecule has 0 radical (unpaired) electrons. The number of rotatable bonds is 5. The van der Waals surface area contributed by atoms with Gasteiger partial charge in [0.05, 0.1) is 15.8 Å². The highest BCUT2D eigenvalue weighted by Gasteiger charge is 2.09. The molecule has 1 unspecified atom stereocenters. The van der Waals surface area contributed by atoms with E-state index in [2.05, 4.69) is 10.3 Å². The molecule has 4 nitrogen and oxygen atoms in total. The second kappa shape index (κ2) is 7.06. The number of nitrogens with one attached hydrogen (secondary N) is 1. The number of hydrogen-bond donors (Lipinski definition) is 2. The van der Waals surface area contributed by atoms with E-state index >= 15 is 0 Å². The van der Waals surface area contributed by atoms with E-state index in [1.807, 2.05) is 6.92 Å². The Balaban J connectivity index is 2.50. The van der Waals surface area contributed by atoms with Crippen molar-refractivity contribution < 1.29 is 4.79 Å². The third-order valence-corrected chi connectivity index (χ3v) is 3.58. The van der Waals surface area contributed by atoms with Crippen molar-refractivity contribution in [3.8, 4) is 0 Å². The van der Waals surface area contributed by atoms with Crippen molar-refractivity contribution in [1.82, 2.24) is 4.98 Å². The lowest BCUT2D eigenvalue weighted by Gasteiger charge is -2.09. The Morgan fingerprint density at radius 3 is 2.94 bits per heavy atom. The maximum atomic E-state index is 11.6. The number of pyridine rings is 1. The van der Waals surface area contributed by atoms with Gasteiger partial charge in [0, 0.05) is 18.0 Å². The van der Waals surface area contributed by atoms with Crippen LogP contribution in [0.15, 0.2) is 12.3 Å². The van der Waals surface area contributed by atoms with Crippen molar-refractivity contribution in [2.75, 3.05) is 17.6 Å². The number of amides is 1. The number of thioether (sulfide) groups is 1. The normalized spacial score (nSPS) is 12.2. The Kier molecular flexibility index (Phi) is 6.05. The van der Waals surface area contributed by atoms with E-state index in [0.29, 0.717) is 28.2 Å². The number of hydrogen-bond acceptors (Lipinski definition) is 4. The van der Waals surface area contributed by atoms with E-state index in [1.54, 1.807) is 0 Å². The molecule has 1 aromatic heterocycles. The largest absolute Gasteiger partial charge is 0.329 e. The summed E-state index contributed by atoms with van der Waals surface area (Å²) in [4.78, 5) is 15.5. The second-order valence-corrected chi connectivity index (χ2v) is 5.66. The van der Waals surface area contributed by atoms with Gasteiger partial charge in [0.25, 0.3) is 0 Å². The van der Waals surface area contributed by atoms with Crippen molar-refractivity contribution in [3.63, 3.8) is 0 Å². The van der Waals surface area contributed by atoms with Gasteiger partial charge in [-0.05, 0) is 6.07 Å². The molecule has 0 bridgehead atoms. The summed E-state index contributed by atoms with van der Waals surface area (Å²) in [5, 5.41) is 3.61. The smallest absolute Gasteiger partial charge is 0.235 e. The fourth-order valence-electron chi connectivity index (χ4n) is 0.961. The van der Waals surface area contributed by atoms with Crippen LogP contribution < -0.4 is 11.1 Å².